The highest BCUT2D eigenvalue weighted by Gasteiger charge is 2.25. The Kier molecular flexibility index (Phi) is 3.09. The normalized spacial score (nSPS) is 19.3. The number of carbonyl (C=O) groups is 1. The summed E-state index contributed by atoms with van der Waals surface area (Å²) < 4.78 is 0. The lowest BCUT2D eigenvalue weighted by Gasteiger charge is -2.35. The number of hydrogen-bond donors (Lipinski definition) is 1. The second kappa shape index (κ2) is 3.90. The molecule has 0 spiro atoms. The van der Waals surface area contributed by atoms with Crippen LogP contribution >= 0.6 is 0 Å². The van der Waals surface area contributed by atoms with E-state index in [-0.39, 0.29) is 13.4 Å². The molecule has 0 aromatic heterocycles. The van der Waals surface area contributed by atoms with Gasteiger partial charge in [0.25, 0.3) is 0 Å². The van der Waals surface area contributed by atoms with Gasteiger partial charge in [0.15, 0.2) is 0 Å². The van der Waals surface area contributed by atoms with Crippen molar-refractivity contribution >= 4 is 5.91 Å². The Balaban J connectivity index is 0.00000144. The summed E-state index contributed by atoms with van der Waals surface area (Å²) in [6.45, 7) is 6.13. The van der Waals surface area contributed by atoms with Crippen LogP contribution in [0.2, 0.25) is 0 Å². The highest BCUT2D eigenvalue weighted by atomic mass is 16.1. The molecule has 1 aliphatic heterocycles. The van der Waals surface area contributed by atoms with E-state index in [4.69, 9.17) is 0 Å². The summed E-state index contributed by atoms with van der Waals surface area (Å²) in [5.74, 6) is 0.789. The van der Waals surface area contributed by atoms with Gasteiger partial charge in [0.2, 0.25) is 5.91 Å². The van der Waals surface area contributed by atoms with Gasteiger partial charge in [-0.25, -0.2) is 0 Å². The molecule has 72 valence electrons. The standard InChI is InChI=1S/C9H18N2O.H2/c1-7(2)10-9(12)4-8-5-11(3)6-8;/h7-8H,4-6H2,1-3H3,(H,10,12);1H. The van der Waals surface area contributed by atoms with Crippen LogP contribution < -0.4 is 5.32 Å². The fourth-order valence-corrected chi connectivity index (χ4v) is 1.60. The maximum Gasteiger partial charge on any atom is 0.220 e. The Morgan fingerprint density at radius 3 is 2.67 bits per heavy atom. The molecule has 1 aliphatic rings. The zero-order valence-electron chi connectivity index (χ0n) is 8.13. The van der Waals surface area contributed by atoms with E-state index < -0.39 is 0 Å². The van der Waals surface area contributed by atoms with E-state index in [2.05, 4.69) is 17.3 Å². The van der Waals surface area contributed by atoms with Gasteiger partial charge in [0.05, 0.1) is 0 Å². The van der Waals surface area contributed by atoms with Crippen molar-refractivity contribution in [2.45, 2.75) is 26.3 Å². The van der Waals surface area contributed by atoms with Gasteiger partial charge in [-0.1, -0.05) is 0 Å². The Hall–Kier alpha value is -0.570. The molecule has 1 rings (SSSR count). The van der Waals surface area contributed by atoms with Crippen molar-refractivity contribution in [3.05, 3.63) is 0 Å². The molecule has 0 aromatic carbocycles. The smallest absolute Gasteiger partial charge is 0.220 e. The fourth-order valence-electron chi connectivity index (χ4n) is 1.60. The van der Waals surface area contributed by atoms with E-state index >= 15 is 0 Å². The van der Waals surface area contributed by atoms with E-state index in [1.807, 2.05) is 13.8 Å². The summed E-state index contributed by atoms with van der Waals surface area (Å²) in [4.78, 5) is 13.5. The zero-order chi connectivity index (χ0) is 9.14. The molecule has 3 heteroatoms. The number of nitrogens with one attached hydrogen (secondary N) is 1. The van der Waals surface area contributed by atoms with Crippen molar-refractivity contribution < 1.29 is 6.22 Å². The molecule has 1 heterocycles. The van der Waals surface area contributed by atoms with Crippen LogP contribution in [-0.4, -0.2) is 37.0 Å². The molecule has 0 radical (unpaired) electrons. The summed E-state index contributed by atoms with van der Waals surface area (Å²) in [7, 11) is 2.08. The summed E-state index contributed by atoms with van der Waals surface area (Å²) in [6.07, 6.45) is 0.697. The van der Waals surface area contributed by atoms with Gasteiger partial charge in [-0.15, -0.1) is 0 Å². The van der Waals surface area contributed by atoms with Gasteiger partial charge in [-0.05, 0) is 26.8 Å². The van der Waals surface area contributed by atoms with Crippen LogP contribution in [0.4, 0.5) is 0 Å². The first-order valence-corrected chi connectivity index (χ1v) is 4.56. The molecule has 0 aromatic rings. The van der Waals surface area contributed by atoms with Crippen molar-refractivity contribution in [1.29, 1.82) is 0 Å². The summed E-state index contributed by atoms with van der Waals surface area (Å²) in [5.41, 5.74) is 0. The van der Waals surface area contributed by atoms with E-state index in [9.17, 15) is 4.79 Å². The molecule has 3 nitrogen and oxygen atoms in total. The van der Waals surface area contributed by atoms with E-state index in [1.54, 1.807) is 0 Å². The predicted molar refractivity (Wildman–Crippen MR) is 51.0 cm³/mol. The van der Waals surface area contributed by atoms with Crippen molar-refractivity contribution in [2.75, 3.05) is 20.1 Å². The van der Waals surface area contributed by atoms with Crippen LogP contribution in [0, 0.1) is 5.92 Å². The Morgan fingerprint density at radius 2 is 2.25 bits per heavy atom. The number of rotatable bonds is 3. The molecule has 1 fully saturated rings. The molecule has 0 unspecified atom stereocenters. The monoisotopic (exact) mass is 172 g/mol. The van der Waals surface area contributed by atoms with Crippen molar-refractivity contribution in [1.82, 2.24) is 10.2 Å². The lowest BCUT2D eigenvalue weighted by atomic mass is 9.97. The summed E-state index contributed by atoms with van der Waals surface area (Å²) >= 11 is 0. The van der Waals surface area contributed by atoms with Crippen molar-refractivity contribution in [3.8, 4) is 0 Å². The third-order valence-corrected chi connectivity index (χ3v) is 2.06. The number of nitrogens with zero attached hydrogens (tertiary/aromatic N) is 1. The van der Waals surface area contributed by atoms with Gasteiger partial charge in [-0.2, -0.15) is 0 Å². The average Bonchev–Trinajstić information content (AvgIpc) is 1.82. The largest absolute Gasteiger partial charge is 0.354 e. The van der Waals surface area contributed by atoms with Gasteiger partial charge >= 0.3 is 0 Å². The second-order valence-corrected chi connectivity index (χ2v) is 4.01. The molecular formula is C9H20N2O. The predicted octanol–water partition coefficient (Wildman–Crippen LogP) is 0.709. The molecule has 0 atom stereocenters. The highest BCUT2D eigenvalue weighted by molar-refractivity contribution is 5.76. The minimum absolute atomic E-state index is 0. The van der Waals surface area contributed by atoms with Crippen LogP contribution in [0.5, 0.6) is 0 Å². The Morgan fingerprint density at radius 1 is 1.67 bits per heavy atom. The van der Waals surface area contributed by atoms with Crippen LogP contribution in [0.15, 0.2) is 0 Å². The number of likely N-dealkylation sites (tertiary alicyclic amines) is 1. The highest BCUT2D eigenvalue weighted by Crippen LogP contribution is 2.16. The Labute approximate surface area is 75.6 Å². The molecule has 1 saturated heterocycles. The number of amides is 1. The molecular weight excluding hydrogens is 152 g/mol. The first kappa shape index (κ1) is 9.52. The quantitative estimate of drug-likeness (QED) is 0.680. The molecule has 12 heavy (non-hydrogen) atoms. The molecule has 0 bridgehead atoms. The lowest BCUT2D eigenvalue weighted by Crippen LogP contribution is -2.46. The van der Waals surface area contributed by atoms with Gasteiger partial charge in [-0.3, -0.25) is 4.79 Å². The molecule has 0 aliphatic carbocycles. The maximum atomic E-state index is 11.2. The van der Waals surface area contributed by atoms with Crippen LogP contribution in [0.3, 0.4) is 0 Å². The van der Waals surface area contributed by atoms with Crippen LogP contribution in [-0.2, 0) is 4.79 Å². The lowest BCUT2D eigenvalue weighted by molar-refractivity contribution is -0.123. The zero-order valence-corrected chi connectivity index (χ0v) is 8.13. The fraction of sp³-hybridized carbons (Fsp3) is 0.889. The minimum atomic E-state index is 0. The molecule has 1 amide bonds. The maximum absolute atomic E-state index is 11.2. The molecule has 0 saturated carbocycles. The van der Waals surface area contributed by atoms with Gasteiger partial charge in [0, 0.05) is 27.0 Å². The van der Waals surface area contributed by atoms with Gasteiger partial charge in [0.1, 0.15) is 0 Å². The van der Waals surface area contributed by atoms with E-state index in [0.29, 0.717) is 12.3 Å². The van der Waals surface area contributed by atoms with Crippen molar-refractivity contribution in [3.63, 3.8) is 0 Å². The van der Waals surface area contributed by atoms with E-state index in [0.717, 1.165) is 13.1 Å². The SMILES string of the molecule is CC(C)NC(=O)CC1CN(C)C1.[HH]. The summed E-state index contributed by atoms with van der Waals surface area (Å²) in [6, 6.07) is 0.273. The third-order valence-electron chi connectivity index (χ3n) is 2.06. The second-order valence-electron chi connectivity index (χ2n) is 4.01. The first-order chi connectivity index (χ1) is 5.58. The summed E-state index contributed by atoms with van der Waals surface area (Å²) in [5, 5.41) is 2.90. The van der Waals surface area contributed by atoms with E-state index in [1.165, 1.54) is 0 Å². The minimum Gasteiger partial charge on any atom is -0.354 e. The number of hydrogen-bond acceptors (Lipinski definition) is 2. The van der Waals surface area contributed by atoms with Crippen molar-refractivity contribution in [2.24, 2.45) is 5.92 Å². The topological polar surface area (TPSA) is 32.3 Å². The van der Waals surface area contributed by atoms with Crippen LogP contribution in [0.25, 0.3) is 0 Å². The average molecular weight is 172 g/mol. The Bertz CT molecular complexity index is 167. The number of carbonyl (C=O) groups excluding carboxylic acids is 1. The molecule has 1 N–H and O–H groups in total. The van der Waals surface area contributed by atoms with Crippen LogP contribution in [0.1, 0.15) is 21.7 Å². The van der Waals surface area contributed by atoms with Gasteiger partial charge < -0.3 is 10.2 Å². The third kappa shape index (κ3) is 2.81. The first-order valence-electron chi connectivity index (χ1n) is 4.56.